The van der Waals surface area contributed by atoms with Crippen LogP contribution in [0.4, 0.5) is 13.2 Å². The van der Waals surface area contributed by atoms with E-state index in [0.717, 1.165) is 17.0 Å². The van der Waals surface area contributed by atoms with E-state index in [4.69, 9.17) is 11.6 Å². The molecular weight excluding hydrogens is 517 g/mol. The summed E-state index contributed by atoms with van der Waals surface area (Å²) >= 11 is 6.40. The molecule has 2 aromatic heterocycles. The van der Waals surface area contributed by atoms with Crippen LogP contribution in [0.1, 0.15) is 52.5 Å². The lowest BCUT2D eigenvalue weighted by Crippen LogP contribution is -2.22. The second-order valence-electron chi connectivity index (χ2n) is 8.53. The van der Waals surface area contributed by atoms with Crippen LogP contribution in [0.5, 0.6) is 0 Å². The summed E-state index contributed by atoms with van der Waals surface area (Å²) in [6.45, 7) is 5.07. The third-order valence-corrected chi connectivity index (χ3v) is 6.17. The molecule has 0 saturated carbocycles. The molecule has 0 radical (unpaired) electrons. The molecule has 1 aromatic carbocycles. The van der Waals surface area contributed by atoms with Crippen LogP contribution in [0, 0.1) is 18.6 Å². The number of hydrogen-bond donors (Lipinski definition) is 1. The van der Waals surface area contributed by atoms with E-state index >= 15 is 8.78 Å². The summed E-state index contributed by atoms with van der Waals surface area (Å²) in [7, 11) is 1.35. The predicted molar refractivity (Wildman–Crippen MR) is 143 cm³/mol. The van der Waals surface area contributed by atoms with Gasteiger partial charge in [-0.1, -0.05) is 30.7 Å². The fraction of sp³-hybridized carbons (Fsp3) is 0.214. The van der Waals surface area contributed by atoms with Crippen LogP contribution < -0.4 is 10.9 Å². The molecule has 0 bridgehead atoms. The predicted octanol–water partition coefficient (Wildman–Crippen LogP) is 5.98. The van der Waals surface area contributed by atoms with Gasteiger partial charge in [0.2, 0.25) is 0 Å². The number of aryl methyl sites for hydroxylation is 1. The molecule has 1 unspecified atom stereocenters. The number of rotatable bonds is 8. The lowest BCUT2D eigenvalue weighted by Gasteiger charge is -2.17. The molecule has 10 heteroatoms. The van der Waals surface area contributed by atoms with Crippen LogP contribution in [0.3, 0.4) is 0 Å². The van der Waals surface area contributed by atoms with Gasteiger partial charge in [-0.15, -0.1) is 0 Å². The minimum absolute atomic E-state index is 0.128. The monoisotopic (exact) mass is 542 g/mol. The van der Waals surface area contributed by atoms with E-state index in [1.807, 2.05) is 6.92 Å². The van der Waals surface area contributed by atoms with Crippen molar-refractivity contribution in [3.8, 4) is 0 Å². The van der Waals surface area contributed by atoms with Crippen molar-refractivity contribution in [3.05, 3.63) is 116 Å². The van der Waals surface area contributed by atoms with Crippen molar-refractivity contribution in [1.29, 1.82) is 0 Å². The SMILES string of the molecule is C/C=C/N=C(/C(F)=C/n1c(C)cc(C(C)Cc2cncc(F)c2)c(Cl)c1=O)c1cccc(C(=O)NC)c1F. The lowest BCUT2D eigenvalue weighted by atomic mass is 9.94. The van der Waals surface area contributed by atoms with E-state index in [1.54, 1.807) is 19.9 Å². The fourth-order valence-corrected chi connectivity index (χ4v) is 4.24. The number of benzene rings is 1. The summed E-state index contributed by atoms with van der Waals surface area (Å²) in [5.41, 5.74) is -0.143. The van der Waals surface area contributed by atoms with Crippen molar-refractivity contribution < 1.29 is 18.0 Å². The smallest absolute Gasteiger partial charge is 0.273 e. The third kappa shape index (κ3) is 6.28. The second-order valence-corrected chi connectivity index (χ2v) is 8.91. The van der Waals surface area contributed by atoms with Crippen LogP contribution in [0.2, 0.25) is 5.02 Å². The van der Waals surface area contributed by atoms with Gasteiger partial charge in [-0.2, -0.15) is 0 Å². The van der Waals surface area contributed by atoms with E-state index in [9.17, 15) is 14.0 Å². The van der Waals surface area contributed by atoms with Gasteiger partial charge in [-0.3, -0.25) is 24.1 Å². The van der Waals surface area contributed by atoms with Gasteiger partial charge in [0.05, 0.1) is 18.0 Å². The molecule has 0 aliphatic heterocycles. The number of carbonyl (C=O) groups excluding carboxylic acids is 1. The van der Waals surface area contributed by atoms with Gasteiger partial charge in [0, 0.05) is 30.7 Å². The fourth-order valence-electron chi connectivity index (χ4n) is 3.91. The molecule has 3 rings (SSSR count). The number of allylic oxidation sites excluding steroid dienone is 2. The van der Waals surface area contributed by atoms with Crippen molar-refractivity contribution >= 4 is 29.4 Å². The molecule has 0 saturated heterocycles. The maximum atomic E-state index is 15.6. The Morgan fingerprint density at radius 1 is 1.24 bits per heavy atom. The van der Waals surface area contributed by atoms with Gasteiger partial charge in [0.1, 0.15) is 22.4 Å². The molecular formula is C28H26ClF3N4O2. The summed E-state index contributed by atoms with van der Waals surface area (Å²) in [5, 5.41) is 2.20. The normalized spacial score (nSPS) is 13.2. The third-order valence-electron chi connectivity index (χ3n) is 5.79. The average Bonchev–Trinajstić information content (AvgIpc) is 2.89. The van der Waals surface area contributed by atoms with Gasteiger partial charge in [0.15, 0.2) is 5.83 Å². The molecule has 0 aliphatic rings. The first-order valence-electron chi connectivity index (χ1n) is 11.7. The van der Waals surface area contributed by atoms with Crippen LogP contribution in [-0.4, -0.2) is 28.2 Å². The van der Waals surface area contributed by atoms with Gasteiger partial charge >= 0.3 is 0 Å². The standard InChI is InChI=1S/C28H26ClF3N4O2/c1-5-9-35-26(20-7-6-8-21(25(20)32)27(37)33-4)23(31)15-36-17(3)11-22(24(29)28(36)38)16(2)10-18-12-19(30)14-34-13-18/h5-9,11-16H,10H2,1-4H3,(H,33,37)/b9-5+,23-15-,35-26+. The van der Waals surface area contributed by atoms with Gasteiger partial charge in [-0.25, -0.2) is 13.2 Å². The molecule has 198 valence electrons. The Kier molecular flexibility index (Phi) is 9.41. The Bertz CT molecular complexity index is 1510. The molecule has 0 aliphatic carbocycles. The summed E-state index contributed by atoms with van der Waals surface area (Å²) < 4.78 is 45.3. The van der Waals surface area contributed by atoms with Crippen molar-refractivity contribution in [2.75, 3.05) is 7.05 Å². The molecule has 1 amide bonds. The molecule has 0 spiro atoms. The largest absolute Gasteiger partial charge is 0.355 e. The number of aromatic nitrogens is 2. The topological polar surface area (TPSA) is 76.3 Å². The highest BCUT2D eigenvalue weighted by Crippen LogP contribution is 2.27. The lowest BCUT2D eigenvalue weighted by molar-refractivity contribution is 0.0959. The highest BCUT2D eigenvalue weighted by atomic mass is 35.5. The molecule has 2 heterocycles. The first kappa shape index (κ1) is 28.6. The zero-order valence-electron chi connectivity index (χ0n) is 21.2. The second kappa shape index (κ2) is 12.5. The van der Waals surface area contributed by atoms with E-state index in [-0.39, 0.29) is 22.1 Å². The Morgan fingerprint density at radius 2 is 1.95 bits per heavy atom. The number of nitrogens with zero attached hydrogens (tertiary/aromatic N) is 3. The maximum Gasteiger partial charge on any atom is 0.273 e. The van der Waals surface area contributed by atoms with Crippen LogP contribution in [0.25, 0.3) is 6.20 Å². The number of amides is 1. The average molecular weight is 543 g/mol. The summed E-state index contributed by atoms with van der Waals surface area (Å²) in [6, 6.07) is 6.95. The zero-order valence-corrected chi connectivity index (χ0v) is 22.0. The quantitative estimate of drug-likeness (QED) is 0.356. The van der Waals surface area contributed by atoms with Gasteiger partial charge in [-0.05, 0) is 61.6 Å². The molecule has 1 N–H and O–H groups in total. The number of halogens is 4. The van der Waals surface area contributed by atoms with Gasteiger partial charge in [0.25, 0.3) is 11.5 Å². The van der Waals surface area contributed by atoms with Gasteiger partial charge < -0.3 is 5.32 Å². The minimum atomic E-state index is -1.02. The van der Waals surface area contributed by atoms with Crippen LogP contribution in [0.15, 0.2) is 70.6 Å². The number of aliphatic imine (C=N–C) groups is 1. The molecule has 0 fully saturated rings. The Hall–Kier alpha value is -3.98. The number of nitrogens with one attached hydrogen (secondary N) is 1. The summed E-state index contributed by atoms with van der Waals surface area (Å²) in [5.74, 6) is -3.41. The Morgan fingerprint density at radius 3 is 2.61 bits per heavy atom. The Labute approximate surface area is 223 Å². The van der Waals surface area contributed by atoms with Crippen LogP contribution in [-0.2, 0) is 6.42 Å². The van der Waals surface area contributed by atoms with Crippen LogP contribution >= 0.6 is 11.6 Å². The van der Waals surface area contributed by atoms with Crippen molar-refractivity contribution in [2.45, 2.75) is 33.1 Å². The van der Waals surface area contributed by atoms with Crippen molar-refractivity contribution in [2.24, 2.45) is 4.99 Å². The number of hydrogen-bond acceptors (Lipinski definition) is 4. The highest BCUT2D eigenvalue weighted by molar-refractivity contribution is 6.31. The molecule has 38 heavy (non-hydrogen) atoms. The van der Waals surface area contributed by atoms with E-state index in [2.05, 4.69) is 15.3 Å². The molecule has 1 atom stereocenters. The Balaban J connectivity index is 2.06. The van der Waals surface area contributed by atoms with Crippen molar-refractivity contribution in [3.63, 3.8) is 0 Å². The summed E-state index contributed by atoms with van der Waals surface area (Å²) in [6.07, 6.45) is 6.67. The highest BCUT2D eigenvalue weighted by Gasteiger charge is 2.22. The van der Waals surface area contributed by atoms with E-state index < -0.39 is 34.6 Å². The molecule has 6 nitrogen and oxygen atoms in total. The van der Waals surface area contributed by atoms with E-state index in [1.165, 1.54) is 49.8 Å². The molecule has 3 aromatic rings. The first-order chi connectivity index (χ1) is 18.1. The first-order valence-corrected chi connectivity index (χ1v) is 12.0. The van der Waals surface area contributed by atoms with E-state index in [0.29, 0.717) is 23.2 Å². The maximum absolute atomic E-state index is 15.6. The van der Waals surface area contributed by atoms with Crippen molar-refractivity contribution in [1.82, 2.24) is 14.9 Å². The minimum Gasteiger partial charge on any atom is -0.355 e. The summed E-state index contributed by atoms with van der Waals surface area (Å²) in [4.78, 5) is 33.0. The zero-order chi connectivity index (χ0) is 28.0. The number of pyridine rings is 2. The number of carbonyl (C=O) groups is 1.